The zero-order valence-corrected chi connectivity index (χ0v) is 26.5. The molecule has 11 rings (SSSR count). The molecule has 0 spiro atoms. The van der Waals surface area contributed by atoms with Crippen LogP contribution in [-0.2, 0) is 0 Å². The van der Waals surface area contributed by atoms with Crippen LogP contribution in [0.25, 0.3) is 111 Å². The monoisotopic (exact) mass is 661 g/mol. The smallest absolute Gasteiger partial charge is 0.167 e. The first-order valence-corrected chi connectivity index (χ1v) is 16.4. The van der Waals surface area contributed by atoms with Crippen LogP contribution >= 0.6 is 0 Å². The molecule has 0 aliphatic rings. The summed E-state index contributed by atoms with van der Waals surface area (Å²) in [7, 11) is 0. The van der Waals surface area contributed by atoms with Crippen LogP contribution in [0, 0.1) is 0 Å². The predicted octanol–water partition coefficient (Wildman–Crippen LogP) is 12.2. The minimum Gasteiger partial charge on any atom is -0.456 e. The Bertz CT molecular complexity index is 3500. The van der Waals surface area contributed by atoms with Crippen LogP contribution in [0.2, 0.25) is 0 Å². The van der Waals surface area contributed by atoms with Gasteiger partial charge in [-0.3, -0.25) is 0 Å². The minimum absolute atomic E-state index is 0.0243. The highest BCUT2D eigenvalue weighted by atomic mass is 16.3. The zero-order chi connectivity index (χ0) is 38.7. The maximum atomic E-state index is 9.55. The number of aromatic nitrogens is 3. The molecule has 0 aliphatic heterocycles. The van der Waals surface area contributed by atoms with Gasteiger partial charge in [-0.25, -0.2) is 15.0 Å². The summed E-state index contributed by atoms with van der Waals surface area (Å²) in [5.41, 5.74) is 4.54. The molecule has 51 heavy (non-hydrogen) atoms. The largest absolute Gasteiger partial charge is 0.456 e. The third-order valence-electron chi connectivity index (χ3n) is 9.26. The van der Waals surface area contributed by atoms with Gasteiger partial charge in [0, 0.05) is 49.0 Å². The fourth-order valence-corrected chi connectivity index (χ4v) is 6.86. The lowest BCUT2D eigenvalue weighted by molar-refractivity contribution is 0.668. The summed E-state index contributed by atoms with van der Waals surface area (Å²) in [4.78, 5) is 14.5. The van der Waals surface area contributed by atoms with Crippen LogP contribution in [0.1, 0.15) is 8.22 Å². The summed E-state index contributed by atoms with van der Waals surface area (Å²) in [6.45, 7) is 0. The van der Waals surface area contributed by atoms with Crippen molar-refractivity contribution in [3.63, 3.8) is 0 Å². The van der Waals surface area contributed by atoms with Crippen LogP contribution in [0.5, 0.6) is 0 Å². The highest BCUT2D eigenvalue weighted by Crippen LogP contribution is 2.40. The van der Waals surface area contributed by atoms with E-state index in [-0.39, 0.29) is 86.8 Å². The van der Waals surface area contributed by atoms with Crippen molar-refractivity contribution >= 4 is 65.8 Å². The van der Waals surface area contributed by atoms with E-state index in [0.717, 1.165) is 21.5 Å². The van der Waals surface area contributed by atoms with Gasteiger partial charge in [0.15, 0.2) is 17.5 Å². The van der Waals surface area contributed by atoms with E-state index in [1.807, 2.05) is 103 Å². The molecular formula is C45H25N3O3. The van der Waals surface area contributed by atoms with Crippen molar-refractivity contribution in [2.75, 3.05) is 0 Å². The Kier molecular flexibility index (Phi) is 4.74. The van der Waals surface area contributed by atoms with E-state index in [2.05, 4.69) is 0 Å². The van der Waals surface area contributed by atoms with Gasteiger partial charge in [0.05, 0.1) is 13.8 Å². The number of furan rings is 3. The molecule has 0 atom stereocenters. The van der Waals surface area contributed by atoms with Gasteiger partial charge in [0.2, 0.25) is 0 Å². The average molecular weight is 662 g/mol. The first-order valence-electron chi connectivity index (χ1n) is 19.4. The third kappa shape index (κ3) is 4.33. The molecule has 6 heteroatoms. The predicted molar refractivity (Wildman–Crippen MR) is 203 cm³/mol. The number of hydrogen-bond donors (Lipinski definition) is 0. The number of nitrogens with zero attached hydrogens (tertiary/aromatic N) is 3. The lowest BCUT2D eigenvalue weighted by Gasteiger charge is -2.08. The van der Waals surface area contributed by atoms with Crippen molar-refractivity contribution in [2.24, 2.45) is 0 Å². The molecule has 7 aromatic carbocycles. The highest BCUT2D eigenvalue weighted by molar-refractivity contribution is 6.12. The second kappa shape index (κ2) is 10.7. The van der Waals surface area contributed by atoms with E-state index in [1.54, 1.807) is 12.1 Å². The van der Waals surface area contributed by atoms with Crippen molar-refractivity contribution < 1.29 is 21.5 Å². The quantitative estimate of drug-likeness (QED) is 0.187. The number of para-hydroxylation sites is 4. The Hall–Kier alpha value is -7.05. The van der Waals surface area contributed by atoms with Gasteiger partial charge in [-0.15, -0.1) is 0 Å². The number of benzene rings is 7. The third-order valence-corrected chi connectivity index (χ3v) is 9.26. The van der Waals surface area contributed by atoms with Gasteiger partial charge < -0.3 is 13.3 Å². The molecule has 0 fully saturated rings. The Morgan fingerprint density at radius 2 is 1.06 bits per heavy atom. The van der Waals surface area contributed by atoms with Crippen molar-refractivity contribution in [3.8, 4) is 45.3 Å². The fraction of sp³-hybridized carbons (Fsp3) is 0. The molecule has 0 N–H and O–H groups in total. The van der Waals surface area contributed by atoms with Crippen LogP contribution < -0.4 is 0 Å². The molecule has 0 radical (unpaired) electrons. The molecule has 4 aromatic heterocycles. The molecule has 4 heterocycles. The van der Waals surface area contributed by atoms with Crippen molar-refractivity contribution in [3.05, 3.63) is 152 Å². The summed E-state index contributed by atoms with van der Waals surface area (Å²) in [6, 6.07) is 33.8. The number of fused-ring (bicyclic) bond motifs is 9. The van der Waals surface area contributed by atoms with E-state index in [4.69, 9.17) is 32.3 Å². The summed E-state index contributed by atoms with van der Waals surface area (Å²) in [6.07, 6.45) is 0. The van der Waals surface area contributed by atoms with Crippen molar-refractivity contribution in [1.82, 2.24) is 15.0 Å². The zero-order valence-electron chi connectivity index (χ0n) is 32.5. The number of rotatable bonds is 4. The van der Waals surface area contributed by atoms with Gasteiger partial charge in [0.1, 0.15) is 33.5 Å². The molecule has 0 saturated carbocycles. The standard InChI is InChI=1S/C45H25N3O3/c1-2-10-26(11-3-1)43-46-44(48-45(47-43)35-17-9-16-33-30-12-4-7-19-38(30)50-42(33)35)28-20-22-32-34-15-8-14-29(41(34)51-40(32)25-28)27-21-23-39-36(24-27)31-13-5-6-18-37(31)49-39/h1-25H/i8D,14D,15D,20D,22D,25D. The summed E-state index contributed by atoms with van der Waals surface area (Å²) in [5.74, 6) is 0.507. The first kappa shape index (κ1) is 22.6. The molecule has 238 valence electrons. The second-order valence-electron chi connectivity index (χ2n) is 12.3. The van der Waals surface area contributed by atoms with Gasteiger partial charge in [0.25, 0.3) is 0 Å². The molecule has 0 saturated heterocycles. The van der Waals surface area contributed by atoms with E-state index in [0.29, 0.717) is 39.0 Å². The Morgan fingerprint density at radius 1 is 0.392 bits per heavy atom. The molecule has 11 aromatic rings. The summed E-state index contributed by atoms with van der Waals surface area (Å²) < 4.78 is 73.9. The highest BCUT2D eigenvalue weighted by Gasteiger charge is 2.19. The Balaban J connectivity index is 1.18. The summed E-state index contributed by atoms with van der Waals surface area (Å²) >= 11 is 0. The molecule has 0 bridgehead atoms. The Morgan fingerprint density at radius 3 is 1.92 bits per heavy atom. The van der Waals surface area contributed by atoms with Gasteiger partial charge in [-0.2, -0.15) is 0 Å². The lowest BCUT2D eigenvalue weighted by atomic mass is 10.00. The molecular weight excluding hydrogens is 631 g/mol. The van der Waals surface area contributed by atoms with Gasteiger partial charge in [-0.05, 0) is 48.0 Å². The normalized spacial score (nSPS) is 13.6. The topological polar surface area (TPSA) is 78.1 Å². The Labute approximate surface area is 298 Å². The van der Waals surface area contributed by atoms with Crippen LogP contribution in [0.3, 0.4) is 0 Å². The van der Waals surface area contributed by atoms with Gasteiger partial charge >= 0.3 is 0 Å². The van der Waals surface area contributed by atoms with E-state index < -0.39 is 0 Å². The van der Waals surface area contributed by atoms with Crippen LogP contribution in [0.4, 0.5) is 0 Å². The second-order valence-corrected chi connectivity index (χ2v) is 12.3. The number of hydrogen-bond acceptors (Lipinski definition) is 6. The van der Waals surface area contributed by atoms with Crippen molar-refractivity contribution in [1.29, 1.82) is 0 Å². The van der Waals surface area contributed by atoms with E-state index in [9.17, 15) is 4.11 Å². The summed E-state index contributed by atoms with van der Waals surface area (Å²) in [5, 5.41) is 3.58. The molecule has 6 nitrogen and oxygen atoms in total. The first-order chi connectivity index (χ1) is 27.8. The lowest BCUT2D eigenvalue weighted by Crippen LogP contribution is -2.00. The van der Waals surface area contributed by atoms with E-state index >= 15 is 0 Å². The maximum Gasteiger partial charge on any atom is 0.167 e. The molecule has 0 aliphatic carbocycles. The molecule has 0 unspecified atom stereocenters. The average Bonchev–Trinajstić information content (AvgIpc) is 3.94. The fourth-order valence-electron chi connectivity index (χ4n) is 6.86. The molecule has 0 amide bonds. The SMILES string of the molecule is [2H]c1c([2H])c([2H])c2c(oc3c([2H])c(-c4nc(-c5ccccc5)nc(-c5cccc6c5oc5ccccc56)n4)c([2H])c([2H])c32)c1-c1ccc2oc3ccccc3c2c1. The van der Waals surface area contributed by atoms with Gasteiger partial charge in [-0.1, -0.05) is 109 Å². The minimum atomic E-state index is -0.367. The van der Waals surface area contributed by atoms with Crippen LogP contribution in [-0.4, -0.2) is 15.0 Å². The van der Waals surface area contributed by atoms with Crippen LogP contribution in [0.15, 0.2) is 165 Å². The maximum absolute atomic E-state index is 9.55. The van der Waals surface area contributed by atoms with Crippen molar-refractivity contribution in [2.45, 2.75) is 0 Å². The van der Waals surface area contributed by atoms with E-state index in [1.165, 1.54) is 0 Å².